The first-order valence-corrected chi connectivity index (χ1v) is 7.00. The summed E-state index contributed by atoms with van der Waals surface area (Å²) in [5.41, 5.74) is -0.511. The first kappa shape index (κ1) is 18.8. The molecule has 0 aliphatic carbocycles. The number of rotatable bonds is 9. The van der Waals surface area contributed by atoms with Gasteiger partial charge in [0.2, 0.25) is 0 Å². The number of hydrogen-bond acceptors (Lipinski definition) is 4. The van der Waals surface area contributed by atoms with Gasteiger partial charge in [0.05, 0.1) is 0 Å². The van der Waals surface area contributed by atoms with E-state index in [1.54, 1.807) is 4.90 Å². The zero-order valence-electron chi connectivity index (χ0n) is 12.9. The molecule has 5 heteroatoms. The monoisotopic (exact) mass is 285 g/mol. The number of aliphatic hydroxyl groups excluding tert-OH is 1. The molecule has 0 saturated heterocycles. The van der Waals surface area contributed by atoms with Gasteiger partial charge in [0.15, 0.2) is 0 Å². The number of nitrogens with zero attached hydrogens (tertiary/aromatic N) is 1. The van der Waals surface area contributed by atoms with E-state index in [9.17, 15) is 4.79 Å². The fourth-order valence-electron chi connectivity index (χ4n) is 1.45. The van der Waals surface area contributed by atoms with Crippen LogP contribution in [0, 0.1) is 12.3 Å². The van der Waals surface area contributed by atoms with Gasteiger partial charge in [0.25, 0.3) is 0 Å². The van der Waals surface area contributed by atoms with E-state index in [0.717, 1.165) is 6.42 Å². The van der Waals surface area contributed by atoms with Gasteiger partial charge in [-0.25, -0.2) is 4.79 Å². The van der Waals surface area contributed by atoms with Crippen molar-refractivity contribution in [3.63, 3.8) is 0 Å². The molecule has 0 heterocycles. The van der Waals surface area contributed by atoms with E-state index in [1.165, 1.54) is 0 Å². The number of hydrogen-bond donors (Lipinski definition) is 1. The molecule has 0 radical (unpaired) electrons. The van der Waals surface area contributed by atoms with Gasteiger partial charge in [0, 0.05) is 39.3 Å². The van der Waals surface area contributed by atoms with Crippen LogP contribution in [-0.4, -0.2) is 54.6 Å². The number of terminal acetylenes is 1. The van der Waals surface area contributed by atoms with Crippen molar-refractivity contribution in [1.29, 1.82) is 0 Å². The normalized spacial score (nSPS) is 10.9. The first-order valence-electron chi connectivity index (χ1n) is 7.00. The van der Waals surface area contributed by atoms with E-state index in [4.69, 9.17) is 21.0 Å². The van der Waals surface area contributed by atoms with E-state index < -0.39 is 5.60 Å². The maximum atomic E-state index is 12.0. The van der Waals surface area contributed by atoms with Crippen molar-refractivity contribution < 1.29 is 19.4 Å². The average molecular weight is 285 g/mol. The van der Waals surface area contributed by atoms with Gasteiger partial charge < -0.3 is 19.5 Å². The lowest BCUT2D eigenvalue weighted by Gasteiger charge is -2.27. The predicted molar refractivity (Wildman–Crippen MR) is 78.4 cm³/mol. The van der Waals surface area contributed by atoms with Crippen LogP contribution in [0.1, 0.15) is 40.0 Å². The van der Waals surface area contributed by atoms with E-state index in [1.807, 2.05) is 20.8 Å². The Labute approximate surface area is 122 Å². The molecule has 0 atom stereocenters. The van der Waals surface area contributed by atoms with Crippen LogP contribution in [-0.2, 0) is 9.47 Å². The SMILES string of the molecule is C#CCCN(CCCOCCCO)C(=O)OC(C)(C)C. The van der Waals surface area contributed by atoms with E-state index in [0.29, 0.717) is 39.1 Å². The molecular weight excluding hydrogens is 258 g/mol. The molecule has 0 aromatic carbocycles. The van der Waals surface area contributed by atoms with Crippen LogP contribution in [0.5, 0.6) is 0 Å². The van der Waals surface area contributed by atoms with Crippen LogP contribution < -0.4 is 0 Å². The molecule has 0 aromatic rings. The molecule has 1 N–H and O–H groups in total. The van der Waals surface area contributed by atoms with Gasteiger partial charge in [-0.3, -0.25) is 0 Å². The van der Waals surface area contributed by atoms with E-state index in [2.05, 4.69) is 5.92 Å². The summed E-state index contributed by atoms with van der Waals surface area (Å²) in [6, 6.07) is 0. The van der Waals surface area contributed by atoms with Crippen LogP contribution in [0.15, 0.2) is 0 Å². The summed E-state index contributed by atoms with van der Waals surface area (Å²) >= 11 is 0. The van der Waals surface area contributed by atoms with Crippen molar-refractivity contribution >= 4 is 6.09 Å². The van der Waals surface area contributed by atoms with Crippen LogP contribution in [0.25, 0.3) is 0 Å². The summed E-state index contributed by atoms with van der Waals surface area (Å²) in [6.07, 6.45) is 6.75. The zero-order chi connectivity index (χ0) is 15.4. The highest BCUT2D eigenvalue weighted by atomic mass is 16.6. The highest BCUT2D eigenvalue weighted by molar-refractivity contribution is 5.68. The van der Waals surface area contributed by atoms with Gasteiger partial charge in [-0.1, -0.05) is 0 Å². The second kappa shape index (κ2) is 10.5. The number of amides is 1. The van der Waals surface area contributed by atoms with Crippen molar-refractivity contribution in [3.8, 4) is 12.3 Å². The third-order valence-electron chi connectivity index (χ3n) is 2.34. The summed E-state index contributed by atoms with van der Waals surface area (Å²) in [4.78, 5) is 13.6. The second-order valence-electron chi connectivity index (χ2n) is 5.46. The molecule has 116 valence electrons. The molecule has 20 heavy (non-hydrogen) atoms. The van der Waals surface area contributed by atoms with Gasteiger partial charge in [-0.2, -0.15) is 0 Å². The predicted octanol–water partition coefficient (Wildman–Crippen LogP) is 2.04. The first-order chi connectivity index (χ1) is 9.40. The largest absolute Gasteiger partial charge is 0.444 e. The zero-order valence-corrected chi connectivity index (χ0v) is 12.9. The molecule has 1 amide bonds. The molecule has 0 fully saturated rings. The molecule has 0 rings (SSSR count). The maximum Gasteiger partial charge on any atom is 0.410 e. The van der Waals surface area contributed by atoms with Crippen LogP contribution in [0.3, 0.4) is 0 Å². The Morgan fingerprint density at radius 3 is 2.45 bits per heavy atom. The second-order valence-corrected chi connectivity index (χ2v) is 5.46. The minimum atomic E-state index is -0.511. The maximum absolute atomic E-state index is 12.0. The lowest BCUT2D eigenvalue weighted by atomic mass is 10.2. The van der Waals surface area contributed by atoms with Crippen LogP contribution >= 0.6 is 0 Å². The van der Waals surface area contributed by atoms with Gasteiger partial charge >= 0.3 is 6.09 Å². The molecule has 0 aliphatic rings. The minimum Gasteiger partial charge on any atom is -0.444 e. The lowest BCUT2D eigenvalue weighted by Crippen LogP contribution is -2.38. The molecule has 0 unspecified atom stereocenters. The van der Waals surface area contributed by atoms with Crippen molar-refractivity contribution in [1.82, 2.24) is 4.90 Å². The Morgan fingerprint density at radius 2 is 1.90 bits per heavy atom. The standard InChI is InChI=1S/C15H27NO4/c1-5-6-9-16(14(18)20-15(2,3)4)10-7-12-19-13-8-11-17/h1,17H,6-13H2,2-4H3. The van der Waals surface area contributed by atoms with Crippen LogP contribution in [0.4, 0.5) is 4.79 Å². The molecular formula is C15H27NO4. The fourth-order valence-corrected chi connectivity index (χ4v) is 1.45. The molecule has 0 aromatic heterocycles. The molecule has 0 bridgehead atoms. The van der Waals surface area contributed by atoms with Gasteiger partial charge in [-0.05, 0) is 33.6 Å². The average Bonchev–Trinajstić information content (AvgIpc) is 2.34. The topological polar surface area (TPSA) is 59.0 Å². The molecule has 5 nitrogen and oxygen atoms in total. The van der Waals surface area contributed by atoms with Crippen molar-refractivity contribution in [2.45, 2.75) is 45.6 Å². The lowest BCUT2D eigenvalue weighted by molar-refractivity contribution is 0.0231. The Bertz CT molecular complexity index is 304. The van der Waals surface area contributed by atoms with Crippen molar-refractivity contribution in [2.75, 3.05) is 32.9 Å². The fraction of sp³-hybridized carbons (Fsp3) is 0.800. The summed E-state index contributed by atoms with van der Waals surface area (Å²) in [5.74, 6) is 2.53. The Morgan fingerprint density at radius 1 is 1.25 bits per heavy atom. The Balaban J connectivity index is 4.08. The van der Waals surface area contributed by atoms with E-state index in [-0.39, 0.29) is 12.7 Å². The smallest absolute Gasteiger partial charge is 0.410 e. The third-order valence-corrected chi connectivity index (χ3v) is 2.34. The molecule has 0 saturated carbocycles. The summed E-state index contributed by atoms with van der Waals surface area (Å²) < 4.78 is 10.7. The number of ether oxygens (including phenoxy) is 2. The number of aliphatic hydroxyl groups is 1. The summed E-state index contributed by atoms with van der Waals surface area (Å²) in [6.45, 7) is 7.76. The summed E-state index contributed by atoms with van der Waals surface area (Å²) in [5, 5.41) is 8.62. The van der Waals surface area contributed by atoms with Gasteiger partial charge in [-0.15, -0.1) is 12.3 Å². The van der Waals surface area contributed by atoms with Crippen molar-refractivity contribution in [3.05, 3.63) is 0 Å². The highest BCUT2D eigenvalue weighted by Crippen LogP contribution is 2.10. The molecule has 0 spiro atoms. The quantitative estimate of drug-likeness (QED) is 0.520. The Hall–Kier alpha value is -1.25. The molecule has 0 aliphatic heterocycles. The minimum absolute atomic E-state index is 0.131. The number of carbonyl (C=O) groups excluding carboxylic acids is 1. The number of carbonyl (C=O) groups is 1. The van der Waals surface area contributed by atoms with Crippen molar-refractivity contribution in [2.24, 2.45) is 0 Å². The van der Waals surface area contributed by atoms with Gasteiger partial charge in [0.1, 0.15) is 5.60 Å². The highest BCUT2D eigenvalue weighted by Gasteiger charge is 2.21. The van der Waals surface area contributed by atoms with Crippen LogP contribution in [0.2, 0.25) is 0 Å². The third kappa shape index (κ3) is 10.7. The van der Waals surface area contributed by atoms with E-state index >= 15 is 0 Å². The Kier molecular flexibility index (Phi) is 9.87. The summed E-state index contributed by atoms with van der Waals surface area (Å²) in [7, 11) is 0.